The number of aliphatic hydroxyl groups excluding tert-OH is 1. The molecule has 0 bridgehead atoms. The number of hydrogen-bond acceptors (Lipinski definition) is 4. The summed E-state index contributed by atoms with van der Waals surface area (Å²) < 4.78 is 12.6. The molecular weight excluding hydrogens is 233 g/mol. The first-order chi connectivity index (χ1) is 7.95. The number of carbonyl (C=O) groups is 2. The molecule has 0 aliphatic carbocycles. The summed E-state index contributed by atoms with van der Waals surface area (Å²) in [5, 5.41) is 28.5. The first-order valence-corrected chi connectivity index (χ1v) is 4.58. The maximum atomic E-state index is 12.6. The molecule has 1 atom stereocenters. The Morgan fingerprint density at radius 3 is 2.53 bits per heavy atom. The normalized spacial score (nSPS) is 11.9. The topological polar surface area (TPSA) is 107 Å². The average molecular weight is 243 g/mol. The van der Waals surface area contributed by atoms with Crippen LogP contribution in [0.3, 0.4) is 0 Å². The predicted molar refractivity (Wildman–Crippen MR) is 54.0 cm³/mol. The van der Waals surface area contributed by atoms with E-state index in [1.54, 1.807) is 0 Å². The molecule has 4 N–H and O–H groups in total. The Kier molecular flexibility index (Phi) is 4.00. The molecule has 1 unspecified atom stereocenters. The minimum Gasteiger partial charge on any atom is -0.507 e. The summed E-state index contributed by atoms with van der Waals surface area (Å²) in [6, 6.07) is 1.20. The summed E-state index contributed by atoms with van der Waals surface area (Å²) in [5.74, 6) is -3.66. The van der Waals surface area contributed by atoms with E-state index in [2.05, 4.69) is 0 Å². The molecule has 0 saturated carbocycles. The van der Waals surface area contributed by atoms with Gasteiger partial charge in [-0.05, 0) is 12.1 Å². The minimum atomic E-state index is -1.48. The third-order valence-electron chi connectivity index (χ3n) is 1.99. The van der Waals surface area contributed by atoms with Crippen LogP contribution in [0.5, 0.6) is 5.75 Å². The fourth-order valence-corrected chi connectivity index (χ4v) is 1.12. The van der Waals surface area contributed by atoms with E-state index in [0.717, 1.165) is 18.2 Å². The lowest BCUT2D eigenvalue weighted by atomic mass is 10.1. The van der Waals surface area contributed by atoms with Crippen LogP contribution in [0.4, 0.5) is 4.39 Å². The summed E-state index contributed by atoms with van der Waals surface area (Å²) in [6.07, 6.45) is 0. The number of aliphatic hydroxyl groups is 1. The number of nitrogens with one attached hydrogen (secondary N) is 1. The van der Waals surface area contributed by atoms with E-state index in [1.165, 1.54) is 0 Å². The average Bonchev–Trinajstić information content (AvgIpc) is 2.24. The van der Waals surface area contributed by atoms with Crippen LogP contribution in [0.25, 0.3) is 0 Å². The van der Waals surface area contributed by atoms with Crippen LogP contribution >= 0.6 is 0 Å². The Balaban J connectivity index is 2.86. The fraction of sp³-hybridized carbons (Fsp3) is 0.200. The SMILES string of the molecule is O=C(NC(CO)C(=O)O)c1ccc(F)cc1O. The Morgan fingerprint density at radius 1 is 1.41 bits per heavy atom. The highest BCUT2D eigenvalue weighted by atomic mass is 19.1. The van der Waals surface area contributed by atoms with Crippen LogP contribution in [-0.4, -0.2) is 39.8 Å². The van der Waals surface area contributed by atoms with Crippen LogP contribution in [0, 0.1) is 5.82 Å². The van der Waals surface area contributed by atoms with Crippen LogP contribution in [0.1, 0.15) is 10.4 Å². The largest absolute Gasteiger partial charge is 0.507 e. The Labute approximate surface area is 95.3 Å². The summed E-state index contributed by atoms with van der Waals surface area (Å²) in [5.41, 5.74) is -0.272. The molecular formula is C10H10FNO5. The van der Waals surface area contributed by atoms with E-state index in [-0.39, 0.29) is 5.56 Å². The molecule has 1 aromatic rings. The molecule has 1 amide bonds. The number of amides is 1. The fourth-order valence-electron chi connectivity index (χ4n) is 1.12. The molecule has 0 saturated heterocycles. The number of benzene rings is 1. The predicted octanol–water partition coefficient (Wildman–Crippen LogP) is -0.293. The van der Waals surface area contributed by atoms with Crippen LogP contribution in [0.2, 0.25) is 0 Å². The second-order valence-electron chi connectivity index (χ2n) is 3.21. The van der Waals surface area contributed by atoms with Crippen molar-refractivity contribution in [3.05, 3.63) is 29.6 Å². The van der Waals surface area contributed by atoms with Gasteiger partial charge in [0.1, 0.15) is 11.6 Å². The number of carbonyl (C=O) groups excluding carboxylic acids is 1. The van der Waals surface area contributed by atoms with Gasteiger partial charge < -0.3 is 20.6 Å². The Bertz CT molecular complexity index is 448. The Hall–Kier alpha value is -2.15. The molecule has 7 heteroatoms. The number of aromatic hydroxyl groups is 1. The molecule has 1 aromatic carbocycles. The van der Waals surface area contributed by atoms with Crippen LogP contribution < -0.4 is 5.32 Å². The summed E-state index contributed by atoms with van der Waals surface area (Å²) in [7, 11) is 0. The van der Waals surface area contributed by atoms with Gasteiger partial charge in [-0.25, -0.2) is 9.18 Å². The summed E-state index contributed by atoms with van der Waals surface area (Å²) >= 11 is 0. The van der Waals surface area contributed by atoms with Crippen molar-refractivity contribution in [2.75, 3.05) is 6.61 Å². The van der Waals surface area contributed by atoms with Gasteiger partial charge in [0.2, 0.25) is 0 Å². The van der Waals surface area contributed by atoms with Crippen molar-refractivity contribution in [2.24, 2.45) is 0 Å². The first kappa shape index (κ1) is 12.9. The third-order valence-corrected chi connectivity index (χ3v) is 1.99. The molecule has 0 aliphatic rings. The van der Waals surface area contributed by atoms with E-state index >= 15 is 0 Å². The molecule has 0 fully saturated rings. The number of carboxylic acids is 1. The van der Waals surface area contributed by atoms with Crippen molar-refractivity contribution < 1.29 is 29.3 Å². The van der Waals surface area contributed by atoms with Gasteiger partial charge in [-0.15, -0.1) is 0 Å². The lowest BCUT2D eigenvalue weighted by Gasteiger charge is -2.12. The van der Waals surface area contributed by atoms with Crippen molar-refractivity contribution in [3.63, 3.8) is 0 Å². The van der Waals surface area contributed by atoms with Gasteiger partial charge >= 0.3 is 5.97 Å². The van der Waals surface area contributed by atoms with Gasteiger partial charge in [-0.2, -0.15) is 0 Å². The van der Waals surface area contributed by atoms with Crippen LogP contribution in [-0.2, 0) is 4.79 Å². The first-order valence-electron chi connectivity index (χ1n) is 4.58. The summed E-state index contributed by atoms with van der Waals surface area (Å²) in [6.45, 7) is -0.789. The van der Waals surface area contributed by atoms with Gasteiger partial charge in [0.25, 0.3) is 5.91 Å². The lowest BCUT2D eigenvalue weighted by molar-refractivity contribution is -0.140. The minimum absolute atomic E-state index is 0.272. The number of phenolic OH excluding ortho intramolecular Hbond substituents is 1. The van der Waals surface area contributed by atoms with E-state index < -0.39 is 36.1 Å². The highest BCUT2D eigenvalue weighted by Gasteiger charge is 2.21. The maximum Gasteiger partial charge on any atom is 0.328 e. The van der Waals surface area contributed by atoms with Gasteiger partial charge in [0.15, 0.2) is 6.04 Å². The maximum absolute atomic E-state index is 12.6. The molecule has 1 rings (SSSR count). The third kappa shape index (κ3) is 3.15. The van der Waals surface area contributed by atoms with Crippen molar-refractivity contribution in [1.82, 2.24) is 5.32 Å². The van der Waals surface area contributed by atoms with Crippen molar-refractivity contribution >= 4 is 11.9 Å². The van der Waals surface area contributed by atoms with Crippen molar-refractivity contribution in [1.29, 1.82) is 0 Å². The number of hydrogen-bond donors (Lipinski definition) is 4. The Morgan fingerprint density at radius 2 is 2.06 bits per heavy atom. The number of halogens is 1. The number of rotatable bonds is 4. The number of aliphatic carboxylic acids is 1. The monoisotopic (exact) mass is 243 g/mol. The second-order valence-corrected chi connectivity index (χ2v) is 3.21. The molecule has 92 valence electrons. The number of carboxylic acid groups (broad SMARTS) is 1. The van der Waals surface area contributed by atoms with Gasteiger partial charge in [0.05, 0.1) is 12.2 Å². The standard InChI is InChI=1S/C10H10FNO5/c11-5-1-2-6(8(14)3-5)9(15)12-7(4-13)10(16)17/h1-3,7,13-14H,4H2,(H,12,15)(H,16,17). The smallest absolute Gasteiger partial charge is 0.328 e. The molecule has 0 aromatic heterocycles. The molecule has 0 aliphatic heterocycles. The van der Waals surface area contributed by atoms with E-state index in [4.69, 9.17) is 10.2 Å². The quantitative estimate of drug-likeness (QED) is 0.581. The summed E-state index contributed by atoms with van der Waals surface area (Å²) in [4.78, 5) is 22.0. The van der Waals surface area contributed by atoms with Crippen molar-refractivity contribution in [3.8, 4) is 5.75 Å². The van der Waals surface area contributed by atoms with E-state index in [0.29, 0.717) is 0 Å². The van der Waals surface area contributed by atoms with E-state index in [1.807, 2.05) is 5.32 Å². The zero-order valence-electron chi connectivity index (χ0n) is 8.55. The molecule has 17 heavy (non-hydrogen) atoms. The zero-order chi connectivity index (χ0) is 13.0. The second kappa shape index (κ2) is 5.26. The lowest BCUT2D eigenvalue weighted by Crippen LogP contribution is -2.43. The van der Waals surface area contributed by atoms with Crippen molar-refractivity contribution in [2.45, 2.75) is 6.04 Å². The molecule has 6 nitrogen and oxygen atoms in total. The van der Waals surface area contributed by atoms with Gasteiger partial charge in [-0.1, -0.05) is 0 Å². The van der Waals surface area contributed by atoms with E-state index in [9.17, 15) is 19.1 Å². The van der Waals surface area contributed by atoms with Gasteiger partial charge in [0, 0.05) is 6.07 Å². The number of phenols is 1. The highest BCUT2D eigenvalue weighted by molar-refractivity contribution is 5.98. The zero-order valence-corrected chi connectivity index (χ0v) is 8.55. The van der Waals surface area contributed by atoms with Crippen LogP contribution in [0.15, 0.2) is 18.2 Å². The molecule has 0 radical (unpaired) electrons. The molecule has 0 spiro atoms. The highest BCUT2D eigenvalue weighted by Crippen LogP contribution is 2.17. The molecule has 0 heterocycles. The van der Waals surface area contributed by atoms with Gasteiger partial charge in [-0.3, -0.25) is 4.79 Å².